The molecule has 0 bridgehead atoms. The van der Waals surface area contributed by atoms with E-state index in [9.17, 15) is 4.79 Å². The maximum atomic E-state index is 12.6. The fourth-order valence-corrected chi connectivity index (χ4v) is 4.14. The molecular formula is C26H24Cl4N2O4. The molecule has 0 saturated heterocycles. The number of hydrogen-bond acceptors (Lipinski definition) is 5. The fourth-order valence-electron chi connectivity index (χ4n) is 3.06. The monoisotopic (exact) mass is 568 g/mol. The third-order valence-corrected chi connectivity index (χ3v) is 5.90. The molecule has 0 aliphatic rings. The van der Waals surface area contributed by atoms with E-state index in [1.54, 1.807) is 48.5 Å². The summed E-state index contributed by atoms with van der Waals surface area (Å²) < 4.78 is 17.0. The van der Waals surface area contributed by atoms with Crippen LogP contribution in [-0.4, -0.2) is 25.3 Å². The van der Waals surface area contributed by atoms with E-state index in [0.717, 1.165) is 12.0 Å². The van der Waals surface area contributed by atoms with Gasteiger partial charge in [-0.15, -0.1) is 0 Å². The van der Waals surface area contributed by atoms with Gasteiger partial charge >= 0.3 is 0 Å². The molecule has 0 unspecified atom stereocenters. The second-order valence-corrected chi connectivity index (χ2v) is 9.14. The molecule has 0 heterocycles. The third kappa shape index (κ3) is 7.68. The quantitative estimate of drug-likeness (QED) is 0.189. The topological polar surface area (TPSA) is 69.2 Å². The normalized spacial score (nSPS) is 10.9. The van der Waals surface area contributed by atoms with E-state index in [1.807, 2.05) is 13.8 Å². The molecule has 0 aliphatic heterocycles. The Balaban J connectivity index is 1.65. The van der Waals surface area contributed by atoms with Gasteiger partial charge in [-0.05, 0) is 61.4 Å². The molecule has 3 rings (SSSR count). The van der Waals surface area contributed by atoms with Gasteiger partial charge in [-0.3, -0.25) is 4.79 Å². The first kappa shape index (κ1) is 27.9. The van der Waals surface area contributed by atoms with Gasteiger partial charge in [-0.2, -0.15) is 5.10 Å². The van der Waals surface area contributed by atoms with E-state index in [4.69, 9.17) is 60.6 Å². The molecule has 0 saturated carbocycles. The zero-order chi connectivity index (χ0) is 26.1. The maximum absolute atomic E-state index is 12.6. The molecule has 1 amide bonds. The van der Waals surface area contributed by atoms with Crippen molar-refractivity contribution < 1.29 is 19.0 Å². The molecule has 6 nitrogen and oxygen atoms in total. The molecule has 3 aromatic rings. The standard InChI is InChI=1S/C26H24Cl4N2O4/c1-3-9-35-23-8-6-17(12-24(23)34-4-2)26(33)32-31-14-16-10-21(29)25(22(30)11-16)36-15-18-5-7-19(27)13-20(18)28/h5-8,10-14H,3-4,9,15H2,1-2H3,(H,32,33)/b31-14+. The minimum Gasteiger partial charge on any atom is -0.490 e. The zero-order valence-corrected chi connectivity index (χ0v) is 22.6. The minimum atomic E-state index is -0.411. The molecule has 0 atom stereocenters. The average Bonchev–Trinajstić information content (AvgIpc) is 2.84. The summed E-state index contributed by atoms with van der Waals surface area (Å²) in [6, 6.07) is 13.3. The summed E-state index contributed by atoms with van der Waals surface area (Å²) in [5.74, 6) is 0.978. The van der Waals surface area contributed by atoms with Crippen LogP contribution >= 0.6 is 46.4 Å². The van der Waals surface area contributed by atoms with Gasteiger partial charge in [0.1, 0.15) is 6.61 Å². The van der Waals surface area contributed by atoms with E-state index in [1.165, 1.54) is 6.21 Å². The first-order valence-electron chi connectivity index (χ1n) is 11.1. The molecule has 1 N–H and O–H groups in total. The lowest BCUT2D eigenvalue weighted by Gasteiger charge is -2.12. The van der Waals surface area contributed by atoms with Crippen molar-refractivity contribution in [1.82, 2.24) is 5.43 Å². The molecule has 0 radical (unpaired) electrons. The van der Waals surface area contributed by atoms with Crippen LogP contribution < -0.4 is 19.6 Å². The number of benzene rings is 3. The molecule has 10 heteroatoms. The lowest BCUT2D eigenvalue weighted by atomic mass is 10.2. The number of carbonyl (C=O) groups is 1. The summed E-state index contributed by atoms with van der Waals surface area (Å²) in [6.07, 6.45) is 2.29. The van der Waals surface area contributed by atoms with Crippen LogP contribution in [0, 0.1) is 0 Å². The number of amides is 1. The number of nitrogens with one attached hydrogen (secondary N) is 1. The number of hydrazone groups is 1. The van der Waals surface area contributed by atoms with Gasteiger partial charge in [-0.1, -0.05) is 59.4 Å². The number of halogens is 4. The Bertz CT molecular complexity index is 1230. The van der Waals surface area contributed by atoms with E-state index < -0.39 is 5.91 Å². The summed E-state index contributed by atoms with van der Waals surface area (Å²) in [5.41, 5.74) is 4.16. The number of rotatable bonds is 11. The van der Waals surface area contributed by atoms with Crippen LogP contribution in [0.3, 0.4) is 0 Å². The Kier molecular flexibility index (Phi) is 10.6. The van der Waals surface area contributed by atoms with Crippen molar-refractivity contribution >= 4 is 58.5 Å². The van der Waals surface area contributed by atoms with E-state index in [-0.39, 0.29) is 16.7 Å². The average molecular weight is 570 g/mol. The van der Waals surface area contributed by atoms with Crippen LogP contribution in [0.15, 0.2) is 53.6 Å². The van der Waals surface area contributed by atoms with Crippen LogP contribution in [-0.2, 0) is 6.61 Å². The Morgan fingerprint density at radius 3 is 2.31 bits per heavy atom. The first-order chi connectivity index (χ1) is 17.3. The van der Waals surface area contributed by atoms with Crippen molar-refractivity contribution in [3.8, 4) is 17.2 Å². The smallest absolute Gasteiger partial charge is 0.271 e. The minimum absolute atomic E-state index is 0.158. The van der Waals surface area contributed by atoms with Crippen LogP contribution in [0.4, 0.5) is 0 Å². The highest BCUT2D eigenvalue weighted by Gasteiger charge is 2.13. The van der Waals surface area contributed by atoms with Crippen molar-refractivity contribution in [1.29, 1.82) is 0 Å². The van der Waals surface area contributed by atoms with Crippen LogP contribution in [0.2, 0.25) is 20.1 Å². The second-order valence-electron chi connectivity index (χ2n) is 7.48. The van der Waals surface area contributed by atoms with Gasteiger partial charge in [0.05, 0.1) is 29.5 Å². The molecule has 0 aliphatic carbocycles. The summed E-state index contributed by atoms with van der Waals surface area (Å²) in [4.78, 5) is 12.6. The van der Waals surface area contributed by atoms with Crippen LogP contribution in [0.25, 0.3) is 0 Å². The van der Waals surface area contributed by atoms with E-state index in [0.29, 0.717) is 51.6 Å². The first-order valence-corrected chi connectivity index (χ1v) is 12.6. The Morgan fingerprint density at radius 1 is 0.889 bits per heavy atom. The maximum Gasteiger partial charge on any atom is 0.271 e. The second kappa shape index (κ2) is 13.6. The van der Waals surface area contributed by atoms with E-state index >= 15 is 0 Å². The Hall–Kier alpha value is -2.64. The molecule has 190 valence electrons. The number of nitrogens with zero attached hydrogens (tertiary/aromatic N) is 1. The molecule has 3 aromatic carbocycles. The molecule has 0 spiro atoms. The van der Waals surface area contributed by atoms with Gasteiger partial charge in [0.2, 0.25) is 0 Å². The van der Waals surface area contributed by atoms with Gasteiger partial charge in [-0.25, -0.2) is 5.43 Å². The highest BCUT2D eigenvalue weighted by Crippen LogP contribution is 2.35. The van der Waals surface area contributed by atoms with Crippen molar-refractivity contribution in [2.75, 3.05) is 13.2 Å². The number of carbonyl (C=O) groups excluding carboxylic acids is 1. The molecule has 0 fully saturated rings. The van der Waals surface area contributed by atoms with Crippen LogP contribution in [0.1, 0.15) is 41.8 Å². The predicted octanol–water partition coefficient (Wildman–Crippen LogP) is 7.83. The molecule has 36 heavy (non-hydrogen) atoms. The molecule has 0 aromatic heterocycles. The Labute approximate surface area is 230 Å². The van der Waals surface area contributed by atoms with Crippen LogP contribution in [0.5, 0.6) is 17.2 Å². The van der Waals surface area contributed by atoms with Crippen molar-refractivity contribution in [3.63, 3.8) is 0 Å². The van der Waals surface area contributed by atoms with Crippen molar-refractivity contribution in [2.24, 2.45) is 5.10 Å². The van der Waals surface area contributed by atoms with Gasteiger partial charge in [0.25, 0.3) is 5.91 Å². The van der Waals surface area contributed by atoms with Gasteiger partial charge < -0.3 is 14.2 Å². The fraction of sp³-hybridized carbons (Fsp3) is 0.231. The lowest BCUT2D eigenvalue weighted by molar-refractivity contribution is 0.0954. The van der Waals surface area contributed by atoms with Gasteiger partial charge in [0.15, 0.2) is 17.2 Å². The summed E-state index contributed by atoms with van der Waals surface area (Å²) >= 11 is 24.8. The summed E-state index contributed by atoms with van der Waals surface area (Å²) in [5, 5.41) is 5.58. The Morgan fingerprint density at radius 2 is 1.64 bits per heavy atom. The highest BCUT2D eigenvalue weighted by molar-refractivity contribution is 6.37. The SMILES string of the molecule is CCCOc1ccc(C(=O)N/N=C/c2cc(Cl)c(OCc3ccc(Cl)cc3Cl)c(Cl)c2)cc1OCC. The largest absolute Gasteiger partial charge is 0.490 e. The summed E-state index contributed by atoms with van der Waals surface area (Å²) in [7, 11) is 0. The van der Waals surface area contributed by atoms with Gasteiger partial charge in [0, 0.05) is 21.2 Å². The number of ether oxygens (including phenoxy) is 3. The zero-order valence-electron chi connectivity index (χ0n) is 19.6. The third-order valence-electron chi connectivity index (χ3n) is 4.75. The molecular weight excluding hydrogens is 546 g/mol. The predicted molar refractivity (Wildman–Crippen MR) is 146 cm³/mol. The number of hydrogen-bond donors (Lipinski definition) is 1. The van der Waals surface area contributed by atoms with Crippen molar-refractivity contribution in [2.45, 2.75) is 26.9 Å². The van der Waals surface area contributed by atoms with E-state index in [2.05, 4.69) is 10.5 Å². The lowest BCUT2D eigenvalue weighted by Crippen LogP contribution is -2.17. The summed E-state index contributed by atoms with van der Waals surface area (Å²) in [6.45, 7) is 5.03. The highest BCUT2D eigenvalue weighted by atomic mass is 35.5. The van der Waals surface area contributed by atoms with Crippen molar-refractivity contribution in [3.05, 3.63) is 85.3 Å².